The van der Waals surface area contributed by atoms with Crippen molar-refractivity contribution in [2.24, 2.45) is 5.92 Å². The number of benzene rings is 2. The Kier molecular flexibility index (Phi) is 5.11. The Bertz CT molecular complexity index is 617. The number of carbonyl (C=O) groups is 1. The molecule has 1 N–H and O–H groups in total. The van der Waals surface area contributed by atoms with E-state index in [0.717, 1.165) is 11.1 Å². The highest BCUT2D eigenvalue weighted by Gasteiger charge is 2.20. The maximum absolute atomic E-state index is 12.2. The van der Waals surface area contributed by atoms with Crippen LogP contribution in [-0.4, -0.2) is 5.91 Å². The summed E-state index contributed by atoms with van der Waals surface area (Å²) in [5, 5.41) is 12.1. The number of nitrogens with zero attached hydrogens (tertiary/aromatic N) is 1. The van der Waals surface area contributed by atoms with E-state index in [1.54, 1.807) is 0 Å². The van der Waals surface area contributed by atoms with Crippen LogP contribution in [0.4, 0.5) is 0 Å². The lowest BCUT2D eigenvalue weighted by Gasteiger charge is -2.16. The number of hydrogen-bond acceptors (Lipinski definition) is 2. The van der Waals surface area contributed by atoms with Gasteiger partial charge in [0, 0.05) is 0 Å². The van der Waals surface area contributed by atoms with Crippen LogP contribution >= 0.6 is 0 Å². The molecular weight excluding hydrogens is 260 g/mol. The minimum Gasteiger partial charge on any atom is -0.348 e. The summed E-state index contributed by atoms with van der Waals surface area (Å²) in [6.45, 7) is 1.92. The summed E-state index contributed by atoms with van der Waals surface area (Å²) in [4.78, 5) is 12.2. The predicted molar refractivity (Wildman–Crippen MR) is 82.2 cm³/mol. The molecule has 2 atom stereocenters. The molecule has 1 amide bonds. The minimum atomic E-state index is -0.668. The van der Waals surface area contributed by atoms with Gasteiger partial charge in [0.1, 0.15) is 5.92 Å². The van der Waals surface area contributed by atoms with Gasteiger partial charge >= 0.3 is 0 Å². The zero-order valence-corrected chi connectivity index (χ0v) is 12.0. The van der Waals surface area contributed by atoms with Gasteiger partial charge in [-0.25, -0.2) is 0 Å². The smallest absolute Gasteiger partial charge is 0.238 e. The van der Waals surface area contributed by atoms with Gasteiger partial charge in [0.15, 0.2) is 0 Å². The Hall–Kier alpha value is -2.60. The van der Waals surface area contributed by atoms with E-state index in [1.807, 2.05) is 67.6 Å². The van der Waals surface area contributed by atoms with Crippen LogP contribution in [0.15, 0.2) is 60.7 Å². The van der Waals surface area contributed by atoms with Gasteiger partial charge in [0.2, 0.25) is 5.91 Å². The summed E-state index contributed by atoms with van der Waals surface area (Å²) in [7, 11) is 0. The molecule has 2 aromatic rings. The summed E-state index contributed by atoms with van der Waals surface area (Å²) in [6.07, 6.45) is 0.435. The van der Waals surface area contributed by atoms with E-state index in [9.17, 15) is 10.1 Å². The lowest BCUT2D eigenvalue weighted by atomic mass is 9.99. The first kappa shape index (κ1) is 14.8. The molecule has 0 heterocycles. The molecule has 0 aromatic heterocycles. The van der Waals surface area contributed by atoms with Crippen molar-refractivity contribution in [3.8, 4) is 6.07 Å². The van der Waals surface area contributed by atoms with Gasteiger partial charge in [-0.15, -0.1) is 0 Å². The van der Waals surface area contributed by atoms with Crippen LogP contribution in [0.3, 0.4) is 0 Å². The van der Waals surface area contributed by atoms with Crippen LogP contribution in [0, 0.1) is 17.2 Å². The quantitative estimate of drug-likeness (QED) is 0.912. The minimum absolute atomic E-state index is 0.106. The number of nitriles is 1. The Morgan fingerprint density at radius 2 is 1.67 bits per heavy atom. The molecule has 21 heavy (non-hydrogen) atoms. The average Bonchev–Trinajstić information content (AvgIpc) is 2.54. The van der Waals surface area contributed by atoms with Crippen molar-refractivity contribution in [2.75, 3.05) is 0 Å². The van der Waals surface area contributed by atoms with Gasteiger partial charge in [0.05, 0.1) is 12.1 Å². The van der Waals surface area contributed by atoms with Crippen LogP contribution in [-0.2, 0) is 11.2 Å². The van der Waals surface area contributed by atoms with E-state index in [4.69, 9.17) is 0 Å². The highest BCUT2D eigenvalue weighted by molar-refractivity contribution is 5.81. The zero-order valence-electron chi connectivity index (χ0n) is 12.0. The molecule has 2 rings (SSSR count). The molecule has 106 valence electrons. The second kappa shape index (κ2) is 7.25. The maximum Gasteiger partial charge on any atom is 0.238 e. The lowest BCUT2D eigenvalue weighted by molar-refractivity contribution is -0.124. The van der Waals surface area contributed by atoms with Crippen LogP contribution in [0.1, 0.15) is 24.1 Å². The topological polar surface area (TPSA) is 52.9 Å². The normalized spacial score (nSPS) is 13.0. The number of carbonyl (C=O) groups excluding carboxylic acids is 1. The van der Waals surface area contributed by atoms with Gasteiger partial charge in [-0.2, -0.15) is 5.26 Å². The summed E-state index contributed by atoms with van der Waals surface area (Å²) in [6, 6.07) is 21.3. The molecule has 0 aliphatic carbocycles. The van der Waals surface area contributed by atoms with E-state index in [0.29, 0.717) is 6.42 Å². The summed E-state index contributed by atoms with van der Waals surface area (Å²) in [5.74, 6) is -0.892. The third kappa shape index (κ3) is 4.19. The Balaban J connectivity index is 1.99. The molecule has 3 nitrogen and oxygen atoms in total. The molecule has 0 saturated carbocycles. The third-order valence-corrected chi connectivity index (χ3v) is 3.41. The fourth-order valence-electron chi connectivity index (χ4n) is 2.19. The summed E-state index contributed by atoms with van der Waals surface area (Å²) >= 11 is 0. The third-order valence-electron chi connectivity index (χ3n) is 3.41. The van der Waals surface area contributed by atoms with Crippen molar-refractivity contribution in [3.05, 3.63) is 71.8 Å². The van der Waals surface area contributed by atoms with E-state index >= 15 is 0 Å². The largest absolute Gasteiger partial charge is 0.348 e. The molecule has 0 spiro atoms. The molecule has 2 unspecified atom stereocenters. The van der Waals surface area contributed by atoms with Gasteiger partial charge in [-0.3, -0.25) is 4.79 Å². The average molecular weight is 278 g/mol. The SMILES string of the molecule is CC(NC(=O)C(C#N)Cc1ccccc1)c1ccccc1. The Labute approximate surface area is 125 Å². The van der Waals surface area contributed by atoms with Crippen LogP contribution in [0.5, 0.6) is 0 Å². The van der Waals surface area contributed by atoms with Crippen molar-refractivity contribution < 1.29 is 4.79 Å². The number of amides is 1. The molecule has 0 bridgehead atoms. The van der Waals surface area contributed by atoms with Gasteiger partial charge in [0.25, 0.3) is 0 Å². The first-order valence-electron chi connectivity index (χ1n) is 6.99. The van der Waals surface area contributed by atoms with Gasteiger partial charge in [-0.05, 0) is 24.5 Å². The van der Waals surface area contributed by atoms with E-state index in [-0.39, 0.29) is 11.9 Å². The van der Waals surface area contributed by atoms with E-state index in [2.05, 4.69) is 11.4 Å². The number of rotatable bonds is 5. The van der Waals surface area contributed by atoms with Crippen molar-refractivity contribution in [1.82, 2.24) is 5.32 Å². The van der Waals surface area contributed by atoms with Crippen LogP contribution in [0.2, 0.25) is 0 Å². The van der Waals surface area contributed by atoms with Crippen LogP contribution in [0.25, 0.3) is 0 Å². The van der Waals surface area contributed by atoms with E-state index < -0.39 is 5.92 Å². The molecule has 0 fully saturated rings. The second-order valence-electron chi connectivity index (χ2n) is 5.01. The molecule has 0 aliphatic rings. The molecule has 0 saturated heterocycles. The highest BCUT2D eigenvalue weighted by Crippen LogP contribution is 2.14. The maximum atomic E-state index is 12.2. The van der Waals surface area contributed by atoms with Crippen molar-refractivity contribution in [1.29, 1.82) is 5.26 Å². The van der Waals surface area contributed by atoms with Crippen molar-refractivity contribution >= 4 is 5.91 Å². The summed E-state index contributed by atoms with van der Waals surface area (Å²) < 4.78 is 0. The fraction of sp³-hybridized carbons (Fsp3) is 0.222. The zero-order chi connectivity index (χ0) is 15.1. The van der Waals surface area contributed by atoms with E-state index in [1.165, 1.54) is 0 Å². The Morgan fingerprint density at radius 3 is 2.24 bits per heavy atom. The molecule has 2 aromatic carbocycles. The second-order valence-corrected chi connectivity index (χ2v) is 5.01. The monoisotopic (exact) mass is 278 g/mol. The molecular formula is C18H18N2O. The van der Waals surface area contributed by atoms with Gasteiger partial charge in [-0.1, -0.05) is 60.7 Å². The first-order chi connectivity index (χ1) is 10.2. The van der Waals surface area contributed by atoms with Gasteiger partial charge < -0.3 is 5.32 Å². The van der Waals surface area contributed by atoms with Crippen molar-refractivity contribution in [2.45, 2.75) is 19.4 Å². The van der Waals surface area contributed by atoms with Crippen LogP contribution < -0.4 is 5.32 Å². The van der Waals surface area contributed by atoms with Crippen molar-refractivity contribution in [3.63, 3.8) is 0 Å². The standard InChI is InChI=1S/C18H18N2O/c1-14(16-10-6-3-7-11-16)20-18(21)17(13-19)12-15-8-4-2-5-9-15/h2-11,14,17H,12H2,1H3,(H,20,21). The molecule has 3 heteroatoms. The molecule has 0 aliphatic heterocycles. The first-order valence-corrected chi connectivity index (χ1v) is 6.99. The number of nitrogens with one attached hydrogen (secondary N) is 1. The highest BCUT2D eigenvalue weighted by atomic mass is 16.1. The number of hydrogen-bond donors (Lipinski definition) is 1. The fourth-order valence-corrected chi connectivity index (χ4v) is 2.19. The summed E-state index contributed by atoms with van der Waals surface area (Å²) in [5.41, 5.74) is 2.02. The lowest BCUT2D eigenvalue weighted by Crippen LogP contribution is -2.33. The Morgan fingerprint density at radius 1 is 1.10 bits per heavy atom. The predicted octanol–water partition coefficient (Wildman–Crippen LogP) is 3.25. The molecule has 0 radical (unpaired) electrons.